The van der Waals surface area contributed by atoms with Crippen LogP contribution in [0.1, 0.15) is 8.35 Å². The van der Waals surface area contributed by atoms with Crippen molar-refractivity contribution >= 4 is 10.1 Å². The van der Waals surface area contributed by atoms with Crippen LogP contribution in [0.2, 0.25) is 0 Å². The fraction of sp³-hybridized carbons (Fsp3) is 1.00. The summed E-state index contributed by atoms with van der Waals surface area (Å²) in [4.78, 5) is 0. The minimum Gasteiger partial charge on any atom is -1.00 e. The van der Waals surface area contributed by atoms with E-state index < -0.39 is 16.4 Å². The van der Waals surface area contributed by atoms with Gasteiger partial charge in [-0.25, -0.2) is 4.18 Å². The minimum atomic E-state index is -3.47. The SMILES string of the molecule is CC(O)OS(C)(=O)=O.[H-].[Na+]. The largest absolute Gasteiger partial charge is 1.00 e. The van der Waals surface area contributed by atoms with Crippen LogP contribution in [-0.2, 0) is 14.3 Å². The normalized spacial score (nSPS) is 14.1. The average Bonchev–Trinajstić information content (AvgIpc) is 1.21. The van der Waals surface area contributed by atoms with Gasteiger partial charge in [0.25, 0.3) is 10.1 Å². The smallest absolute Gasteiger partial charge is 1.00 e. The fourth-order valence-electron chi connectivity index (χ4n) is 0.253. The second-order valence-corrected chi connectivity index (χ2v) is 3.00. The third-order valence-electron chi connectivity index (χ3n) is 0.314. The van der Waals surface area contributed by atoms with E-state index in [0.717, 1.165) is 6.26 Å². The van der Waals surface area contributed by atoms with Gasteiger partial charge in [0.15, 0.2) is 6.29 Å². The van der Waals surface area contributed by atoms with Crippen LogP contribution in [0.15, 0.2) is 0 Å². The van der Waals surface area contributed by atoms with Crippen LogP contribution >= 0.6 is 0 Å². The van der Waals surface area contributed by atoms with Crippen molar-refractivity contribution in [1.82, 2.24) is 0 Å². The fourth-order valence-corrected chi connectivity index (χ4v) is 0.759. The Labute approximate surface area is 78.1 Å². The van der Waals surface area contributed by atoms with Crippen LogP contribution < -0.4 is 29.6 Å². The first-order chi connectivity index (χ1) is 3.42. The summed E-state index contributed by atoms with van der Waals surface area (Å²) in [5, 5.41) is 8.29. The van der Waals surface area contributed by atoms with Crippen LogP contribution in [0.25, 0.3) is 0 Å². The summed E-state index contributed by atoms with van der Waals surface area (Å²) < 4.78 is 24.1. The van der Waals surface area contributed by atoms with Gasteiger partial charge in [-0.15, -0.1) is 0 Å². The number of aliphatic hydroxyl groups excluding tert-OH is 1. The predicted octanol–water partition coefficient (Wildman–Crippen LogP) is -3.58. The zero-order valence-electron chi connectivity index (χ0n) is 6.66. The maximum atomic E-state index is 10.1. The van der Waals surface area contributed by atoms with Crippen LogP contribution in [0.4, 0.5) is 0 Å². The van der Waals surface area contributed by atoms with Crippen LogP contribution in [0.5, 0.6) is 0 Å². The topological polar surface area (TPSA) is 63.6 Å². The van der Waals surface area contributed by atoms with Gasteiger partial charge in [0.1, 0.15) is 0 Å². The summed E-state index contributed by atoms with van der Waals surface area (Å²) in [7, 11) is -3.47. The summed E-state index contributed by atoms with van der Waals surface area (Å²) in [5.74, 6) is 0. The summed E-state index contributed by atoms with van der Waals surface area (Å²) in [6.45, 7) is 1.22. The third kappa shape index (κ3) is 12.1. The molecule has 1 atom stereocenters. The number of hydrogen-bond acceptors (Lipinski definition) is 4. The Morgan fingerprint density at radius 2 is 2.00 bits per heavy atom. The molecule has 52 valence electrons. The molecule has 0 aromatic heterocycles. The van der Waals surface area contributed by atoms with Gasteiger partial charge < -0.3 is 6.53 Å². The maximum absolute atomic E-state index is 10.1. The van der Waals surface area contributed by atoms with E-state index in [0.29, 0.717) is 0 Å². The molecular formula is C3H9NaO4S. The molecule has 9 heavy (non-hydrogen) atoms. The Kier molecular flexibility index (Phi) is 6.48. The maximum Gasteiger partial charge on any atom is 1.00 e. The summed E-state index contributed by atoms with van der Waals surface area (Å²) in [5.41, 5.74) is 0. The molecule has 6 heteroatoms. The van der Waals surface area contributed by atoms with Gasteiger partial charge in [-0.1, -0.05) is 0 Å². The van der Waals surface area contributed by atoms with E-state index in [9.17, 15) is 8.42 Å². The second kappa shape index (κ2) is 4.65. The molecule has 0 radical (unpaired) electrons. The van der Waals surface area contributed by atoms with E-state index >= 15 is 0 Å². The molecule has 0 saturated carbocycles. The van der Waals surface area contributed by atoms with Crippen molar-refractivity contribution in [3.63, 3.8) is 0 Å². The van der Waals surface area contributed by atoms with Gasteiger partial charge in [-0.3, -0.25) is 0 Å². The van der Waals surface area contributed by atoms with Crippen molar-refractivity contribution in [1.29, 1.82) is 0 Å². The first-order valence-corrected chi connectivity index (χ1v) is 3.80. The molecule has 0 rings (SSSR count). The zero-order valence-corrected chi connectivity index (χ0v) is 8.47. The number of hydrogen-bond donors (Lipinski definition) is 1. The Hall–Kier alpha value is 0.870. The molecule has 1 N–H and O–H groups in total. The van der Waals surface area contributed by atoms with E-state index in [1.54, 1.807) is 0 Å². The van der Waals surface area contributed by atoms with Crippen LogP contribution in [0, 0.1) is 0 Å². The Balaban J connectivity index is -0.000000245. The molecule has 0 aromatic carbocycles. The summed E-state index contributed by atoms with van der Waals surface area (Å²) in [6, 6.07) is 0. The Morgan fingerprint density at radius 3 is 2.00 bits per heavy atom. The van der Waals surface area contributed by atoms with E-state index in [-0.39, 0.29) is 31.0 Å². The van der Waals surface area contributed by atoms with Gasteiger partial charge in [-0.2, -0.15) is 8.42 Å². The van der Waals surface area contributed by atoms with Crippen molar-refractivity contribution in [2.75, 3.05) is 6.26 Å². The van der Waals surface area contributed by atoms with Crippen molar-refractivity contribution in [3.8, 4) is 0 Å². The average molecular weight is 164 g/mol. The molecule has 0 aliphatic carbocycles. The summed E-state index contributed by atoms with van der Waals surface area (Å²) in [6.07, 6.45) is -0.371. The molecule has 0 saturated heterocycles. The van der Waals surface area contributed by atoms with Gasteiger partial charge in [0.2, 0.25) is 0 Å². The monoisotopic (exact) mass is 164 g/mol. The Morgan fingerprint density at radius 1 is 1.67 bits per heavy atom. The van der Waals surface area contributed by atoms with Crippen molar-refractivity contribution in [2.45, 2.75) is 13.2 Å². The molecule has 0 aliphatic heterocycles. The minimum absolute atomic E-state index is 0. The molecule has 0 heterocycles. The quantitative estimate of drug-likeness (QED) is 0.260. The molecule has 0 fully saturated rings. The van der Waals surface area contributed by atoms with E-state index in [4.69, 9.17) is 5.11 Å². The molecule has 4 nitrogen and oxygen atoms in total. The van der Waals surface area contributed by atoms with Crippen LogP contribution in [-0.4, -0.2) is 26.1 Å². The third-order valence-corrected chi connectivity index (χ3v) is 0.942. The predicted molar refractivity (Wildman–Crippen MR) is 28.7 cm³/mol. The molecule has 0 aliphatic rings. The molecule has 0 spiro atoms. The summed E-state index contributed by atoms with van der Waals surface area (Å²) >= 11 is 0. The van der Waals surface area contributed by atoms with Crippen molar-refractivity contribution in [3.05, 3.63) is 0 Å². The van der Waals surface area contributed by atoms with Gasteiger partial charge in [0, 0.05) is 0 Å². The van der Waals surface area contributed by atoms with E-state index in [2.05, 4.69) is 4.18 Å². The van der Waals surface area contributed by atoms with Gasteiger partial charge >= 0.3 is 29.6 Å². The zero-order chi connectivity index (χ0) is 6.78. The van der Waals surface area contributed by atoms with Crippen LogP contribution in [0.3, 0.4) is 0 Å². The first kappa shape index (κ1) is 12.5. The molecule has 0 bridgehead atoms. The molecule has 0 amide bonds. The van der Waals surface area contributed by atoms with Crippen molar-refractivity contribution < 1.29 is 48.7 Å². The number of aliphatic hydroxyl groups is 1. The van der Waals surface area contributed by atoms with Gasteiger partial charge in [0.05, 0.1) is 6.26 Å². The molecular weight excluding hydrogens is 155 g/mol. The second-order valence-electron chi connectivity index (χ2n) is 1.40. The number of rotatable bonds is 2. The van der Waals surface area contributed by atoms with Crippen molar-refractivity contribution in [2.24, 2.45) is 0 Å². The standard InChI is InChI=1S/C3H8O4S.Na.H/c1-3(4)7-8(2,5)6;;/h3-4H,1-2H3;;/q;+1;-1. The van der Waals surface area contributed by atoms with E-state index in [1.165, 1.54) is 6.92 Å². The molecule has 0 aromatic rings. The molecule has 1 unspecified atom stereocenters. The van der Waals surface area contributed by atoms with Gasteiger partial charge in [-0.05, 0) is 6.92 Å². The Bertz CT molecular complexity index is 154. The van der Waals surface area contributed by atoms with E-state index in [1.807, 2.05) is 0 Å². The first-order valence-electron chi connectivity index (χ1n) is 1.98.